The van der Waals surface area contributed by atoms with Crippen molar-refractivity contribution in [3.8, 4) is 0 Å². The average Bonchev–Trinajstić information content (AvgIpc) is 3.39. The molecule has 2 amide bonds. The average molecular weight is 585 g/mol. The number of fused-ring (bicyclic) bond motifs is 1. The summed E-state index contributed by atoms with van der Waals surface area (Å²) < 4.78 is 1.06. The van der Waals surface area contributed by atoms with Crippen LogP contribution in [-0.4, -0.2) is 42.5 Å². The van der Waals surface area contributed by atoms with Crippen molar-refractivity contribution in [2.45, 2.75) is 26.1 Å². The third kappa shape index (κ3) is 5.85. The number of nitrogen functional groups attached to an aromatic ring is 1. The molecule has 0 spiro atoms. The minimum Gasteiger partial charge on any atom is -0.478 e. The van der Waals surface area contributed by atoms with Crippen LogP contribution in [0.5, 0.6) is 0 Å². The zero-order valence-electron chi connectivity index (χ0n) is 22.5. The molecular weight excluding hydrogens is 560 g/mol. The summed E-state index contributed by atoms with van der Waals surface area (Å²) in [5.74, 6) is -2.55. The first-order valence-corrected chi connectivity index (χ1v) is 12.8. The second-order valence-corrected chi connectivity index (χ2v) is 9.62. The smallest absolute Gasteiger partial charge is 0.363 e. The first-order chi connectivity index (χ1) is 20.5. The summed E-state index contributed by atoms with van der Waals surface area (Å²) in [6.45, 7) is 2.00. The molecule has 1 atom stereocenters. The maximum absolute atomic E-state index is 13.2. The highest BCUT2D eigenvalue weighted by molar-refractivity contribution is 5.98. The lowest BCUT2D eigenvalue weighted by molar-refractivity contribution is 0.0696. The van der Waals surface area contributed by atoms with Crippen molar-refractivity contribution in [3.63, 3.8) is 0 Å². The fourth-order valence-corrected chi connectivity index (χ4v) is 4.34. The van der Waals surface area contributed by atoms with Gasteiger partial charge in [-0.3, -0.25) is 19.2 Å². The third-order valence-corrected chi connectivity index (χ3v) is 6.68. The molecule has 15 nitrogen and oxygen atoms in total. The zero-order chi connectivity index (χ0) is 30.8. The van der Waals surface area contributed by atoms with Gasteiger partial charge >= 0.3 is 11.7 Å². The molecule has 0 saturated heterocycles. The predicted octanol–water partition coefficient (Wildman–Crippen LogP) is 0.327. The summed E-state index contributed by atoms with van der Waals surface area (Å²) in [6, 6.07) is 13.7. The SMILES string of the molecule is C[C@H](NC(=O)c1cc(C(=O)NCc2cccc(CNc3c(N)c(=O)c3=O)c2)nc2nc(=O)[nH]n12)c1ccc(C(=O)O)cc1. The molecule has 5 rings (SSSR count). The van der Waals surface area contributed by atoms with Crippen molar-refractivity contribution in [1.29, 1.82) is 0 Å². The number of aromatic nitrogens is 4. The molecule has 218 valence electrons. The number of carbonyl (C=O) groups is 3. The molecule has 0 fully saturated rings. The Bertz CT molecular complexity index is 2020. The number of rotatable bonds is 10. The van der Waals surface area contributed by atoms with Crippen molar-refractivity contribution < 1.29 is 19.5 Å². The number of nitrogens with one attached hydrogen (secondary N) is 4. The number of carboxylic acid groups (broad SMARTS) is 1. The molecule has 15 heteroatoms. The van der Waals surface area contributed by atoms with Crippen LogP contribution in [0.2, 0.25) is 0 Å². The van der Waals surface area contributed by atoms with Gasteiger partial charge in [0, 0.05) is 19.2 Å². The van der Waals surface area contributed by atoms with Crippen molar-refractivity contribution in [3.05, 3.63) is 119 Å². The standard InChI is InChI=1S/C28H24N8O7/c1-13(16-5-7-17(8-6-16)26(41)42)32-25(40)19-10-18(33-27-34-28(43)35-36(19)27)24(39)31-12-15-4-2-3-14(9-15)11-30-21-20(29)22(37)23(21)38/h2-10,13,30H,11-12,29H2,1H3,(H,31,39)(H,32,40)(H,35,43)(H,41,42)/t13-/m0/s1. The van der Waals surface area contributed by atoms with Crippen LogP contribution < -0.4 is 38.2 Å². The summed E-state index contributed by atoms with van der Waals surface area (Å²) in [7, 11) is 0. The number of carbonyl (C=O) groups excluding carboxylic acids is 2. The molecule has 0 saturated carbocycles. The van der Waals surface area contributed by atoms with Crippen LogP contribution in [0, 0.1) is 0 Å². The molecule has 2 aromatic heterocycles. The molecule has 0 aliphatic heterocycles. The van der Waals surface area contributed by atoms with Crippen molar-refractivity contribution >= 4 is 34.9 Å². The van der Waals surface area contributed by atoms with E-state index in [1.807, 2.05) is 0 Å². The molecule has 0 aliphatic rings. The monoisotopic (exact) mass is 584 g/mol. The third-order valence-electron chi connectivity index (χ3n) is 6.68. The minimum atomic E-state index is -1.08. The highest BCUT2D eigenvalue weighted by Gasteiger charge is 2.21. The minimum absolute atomic E-state index is 0.0768. The summed E-state index contributed by atoms with van der Waals surface area (Å²) in [6.07, 6.45) is 0. The van der Waals surface area contributed by atoms with Crippen LogP contribution in [-0.2, 0) is 13.1 Å². The molecule has 7 N–H and O–H groups in total. The topological polar surface area (TPSA) is 231 Å². The van der Waals surface area contributed by atoms with Gasteiger partial charge in [0.05, 0.1) is 11.6 Å². The molecule has 0 aliphatic carbocycles. The van der Waals surface area contributed by atoms with Crippen LogP contribution in [0.4, 0.5) is 11.4 Å². The Kier molecular flexibility index (Phi) is 7.53. The molecule has 0 unspecified atom stereocenters. The lowest BCUT2D eigenvalue weighted by Gasteiger charge is -2.15. The fraction of sp³-hybridized carbons (Fsp3) is 0.143. The van der Waals surface area contributed by atoms with E-state index in [-0.39, 0.29) is 47.2 Å². The van der Waals surface area contributed by atoms with Gasteiger partial charge in [-0.2, -0.15) is 4.98 Å². The van der Waals surface area contributed by atoms with Crippen molar-refractivity contribution in [2.75, 3.05) is 11.1 Å². The second-order valence-electron chi connectivity index (χ2n) is 9.62. The van der Waals surface area contributed by atoms with E-state index >= 15 is 0 Å². The lowest BCUT2D eigenvalue weighted by atomic mass is 10.1. The largest absolute Gasteiger partial charge is 0.478 e. The highest BCUT2D eigenvalue weighted by atomic mass is 16.4. The maximum atomic E-state index is 13.2. The number of anilines is 2. The van der Waals surface area contributed by atoms with Crippen molar-refractivity contribution in [1.82, 2.24) is 30.2 Å². The van der Waals surface area contributed by atoms with Gasteiger partial charge in [-0.05, 0) is 35.7 Å². The van der Waals surface area contributed by atoms with Gasteiger partial charge in [-0.1, -0.05) is 36.4 Å². The van der Waals surface area contributed by atoms with Gasteiger partial charge in [0.25, 0.3) is 28.4 Å². The van der Waals surface area contributed by atoms with Crippen LogP contribution >= 0.6 is 0 Å². The van der Waals surface area contributed by atoms with E-state index in [0.717, 1.165) is 10.1 Å². The molecular formula is C28H24N8O7. The predicted molar refractivity (Wildman–Crippen MR) is 154 cm³/mol. The Morgan fingerprint density at radius 1 is 0.953 bits per heavy atom. The molecule has 0 bridgehead atoms. The van der Waals surface area contributed by atoms with Crippen molar-refractivity contribution in [2.24, 2.45) is 0 Å². The van der Waals surface area contributed by atoms with Crippen LogP contribution in [0.25, 0.3) is 5.78 Å². The summed E-state index contributed by atoms with van der Waals surface area (Å²) in [5, 5.41) is 19.8. The normalized spacial score (nSPS) is 11.7. The van der Waals surface area contributed by atoms with Crippen LogP contribution in [0.1, 0.15) is 61.0 Å². The summed E-state index contributed by atoms with van der Waals surface area (Å²) in [4.78, 5) is 80.0. The number of hydrogen-bond acceptors (Lipinski definition) is 10. The first kappa shape index (κ1) is 28.4. The molecule has 2 heterocycles. The molecule has 43 heavy (non-hydrogen) atoms. The maximum Gasteiger partial charge on any atom is 0.363 e. The van der Waals surface area contributed by atoms with Gasteiger partial charge in [0.1, 0.15) is 22.8 Å². The van der Waals surface area contributed by atoms with E-state index < -0.39 is 40.4 Å². The van der Waals surface area contributed by atoms with Gasteiger partial charge in [-0.25, -0.2) is 24.2 Å². The van der Waals surface area contributed by atoms with E-state index in [2.05, 4.69) is 31.0 Å². The number of benzene rings is 2. The summed E-state index contributed by atoms with van der Waals surface area (Å²) in [5.41, 5.74) is 5.30. The second kappa shape index (κ2) is 11.4. The van der Waals surface area contributed by atoms with Gasteiger partial charge in [-0.15, -0.1) is 0 Å². The van der Waals surface area contributed by atoms with E-state index in [9.17, 15) is 28.8 Å². The Labute approximate surface area is 241 Å². The lowest BCUT2D eigenvalue weighted by Crippen LogP contribution is -2.36. The number of nitrogens with zero attached hydrogens (tertiary/aromatic N) is 3. The number of hydrogen-bond donors (Lipinski definition) is 6. The number of aromatic carboxylic acids is 1. The molecule has 5 aromatic rings. The Morgan fingerprint density at radius 2 is 1.65 bits per heavy atom. The Morgan fingerprint density at radius 3 is 2.33 bits per heavy atom. The number of aromatic amines is 1. The number of carboxylic acids is 1. The molecule has 3 aromatic carbocycles. The zero-order valence-corrected chi connectivity index (χ0v) is 22.5. The number of nitrogens with two attached hydrogens (primary N) is 1. The first-order valence-electron chi connectivity index (χ1n) is 12.8. The van der Waals surface area contributed by atoms with Crippen LogP contribution in [0.15, 0.2) is 69.0 Å². The van der Waals surface area contributed by atoms with E-state index in [1.165, 1.54) is 18.2 Å². The summed E-state index contributed by atoms with van der Waals surface area (Å²) >= 11 is 0. The number of H-pyrrole nitrogens is 1. The quantitative estimate of drug-likeness (QED) is 0.122. The van der Waals surface area contributed by atoms with E-state index in [0.29, 0.717) is 11.1 Å². The van der Waals surface area contributed by atoms with Gasteiger partial charge in [0.2, 0.25) is 0 Å². The Balaban J connectivity index is 1.29. The van der Waals surface area contributed by atoms with E-state index in [1.54, 1.807) is 43.3 Å². The molecule has 0 radical (unpaired) electrons. The van der Waals surface area contributed by atoms with Gasteiger partial charge in [0.15, 0.2) is 0 Å². The fourth-order valence-electron chi connectivity index (χ4n) is 4.34. The highest BCUT2D eigenvalue weighted by Crippen LogP contribution is 2.16. The Hall–Kier alpha value is -6.12. The van der Waals surface area contributed by atoms with Crippen LogP contribution in [0.3, 0.4) is 0 Å². The number of amides is 2. The van der Waals surface area contributed by atoms with E-state index in [4.69, 9.17) is 10.8 Å². The van der Waals surface area contributed by atoms with Gasteiger partial charge < -0.3 is 26.8 Å².